The van der Waals surface area contributed by atoms with Crippen LogP contribution in [0.15, 0.2) is 48.9 Å². The van der Waals surface area contributed by atoms with Crippen molar-refractivity contribution in [2.75, 3.05) is 23.0 Å². The third kappa shape index (κ3) is 3.36. The molecule has 4 atom stereocenters. The predicted octanol–water partition coefficient (Wildman–Crippen LogP) is 1.33. The van der Waals surface area contributed by atoms with E-state index < -0.39 is 33.4 Å². The highest BCUT2D eigenvalue weighted by atomic mass is 32.2. The van der Waals surface area contributed by atoms with Crippen LogP contribution in [-0.2, 0) is 26.7 Å². The van der Waals surface area contributed by atoms with Gasteiger partial charge in [-0.25, -0.2) is 22.3 Å². The first-order valence-corrected chi connectivity index (χ1v) is 12.6. The molecule has 3 aromatic rings. The van der Waals surface area contributed by atoms with Crippen molar-refractivity contribution in [3.05, 3.63) is 60.4 Å². The van der Waals surface area contributed by atoms with Gasteiger partial charge in [0.25, 0.3) is 0 Å². The number of aromatic nitrogens is 4. The van der Waals surface area contributed by atoms with E-state index in [1.165, 1.54) is 17.2 Å². The van der Waals surface area contributed by atoms with Crippen molar-refractivity contribution in [1.82, 2.24) is 20.0 Å². The van der Waals surface area contributed by atoms with E-state index in [1.807, 2.05) is 0 Å². The fraction of sp³-hybridized carbons (Fsp3) is 0.364. The highest BCUT2D eigenvalue weighted by Gasteiger charge is 2.69. The zero-order chi connectivity index (χ0) is 23.7. The van der Waals surface area contributed by atoms with E-state index in [1.54, 1.807) is 41.3 Å². The lowest BCUT2D eigenvalue weighted by molar-refractivity contribution is 0.129. The van der Waals surface area contributed by atoms with E-state index in [4.69, 9.17) is 10.5 Å². The first kappa shape index (κ1) is 21.2. The maximum absolute atomic E-state index is 15.0. The van der Waals surface area contributed by atoms with Gasteiger partial charge in [-0.1, -0.05) is 11.3 Å². The van der Waals surface area contributed by atoms with Gasteiger partial charge in [-0.2, -0.15) is 0 Å². The van der Waals surface area contributed by atoms with Crippen LogP contribution in [0, 0.1) is 17.7 Å². The van der Waals surface area contributed by atoms with Crippen molar-refractivity contribution in [3.8, 4) is 11.1 Å². The van der Waals surface area contributed by atoms with Crippen LogP contribution in [0.3, 0.4) is 0 Å². The molecule has 1 saturated carbocycles. The predicted molar refractivity (Wildman–Crippen MR) is 119 cm³/mol. The number of halogens is 1. The molecule has 2 aromatic heterocycles. The number of carbonyl (C=O) groups excluding carboxylic acids is 1. The number of rotatable bonds is 5. The Morgan fingerprint density at radius 1 is 1.21 bits per heavy atom. The Bertz CT molecular complexity index is 1360. The summed E-state index contributed by atoms with van der Waals surface area (Å²) in [5.74, 6) is -0.545. The van der Waals surface area contributed by atoms with Crippen molar-refractivity contribution in [3.63, 3.8) is 0 Å². The SMILES string of the molecule is NC1(c2ccc(-c3ccc(N4C[C@H](Cn5ccnn5)OC4=O)cc3F)cn2)[C@@H]2CS(=O)(=O)C[C@@H]21. The van der Waals surface area contributed by atoms with Crippen LogP contribution in [0.5, 0.6) is 0 Å². The van der Waals surface area contributed by atoms with E-state index in [-0.39, 0.29) is 29.9 Å². The molecule has 1 aromatic carbocycles. The van der Waals surface area contributed by atoms with Crippen molar-refractivity contribution in [1.29, 1.82) is 0 Å². The number of nitrogens with zero attached hydrogens (tertiary/aromatic N) is 5. The molecule has 10 nitrogen and oxygen atoms in total. The van der Waals surface area contributed by atoms with E-state index in [0.717, 1.165) is 0 Å². The first-order valence-electron chi connectivity index (χ1n) is 10.8. The molecule has 12 heteroatoms. The van der Waals surface area contributed by atoms with Gasteiger partial charge < -0.3 is 10.5 Å². The molecule has 4 heterocycles. The van der Waals surface area contributed by atoms with Gasteiger partial charge in [0.05, 0.1) is 47.7 Å². The summed E-state index contributed by atoms with van der Waals surface area (Å²) in [4.78, 5) is 18.1. The number of pyridine rings is 1. The highest BCUT2D eigenvalue weighted by Crippen LogP contribution is 2.60. The molecule has 1 unspecified atom stereocenters. The summed E-state index contributed by atoms with van der Waals surface area (Å²) in [6.45, 7) is 0.626. The molecule has 2 aliphatic heterocycles. The van der Waals surface area contributed by atoms with Gasteiger partial charge in [0, 0.05) is 35.4 Å². The maximum Gasteiger partial charge on any atom is 0.414 e. The van der Waals surface area contributed by atoms with Crippen LogP contribution in [0.25, 0.3) is 11.1 Å². The average molecular weight is 485 g/mol. The number of cyclic esters (lactones) is 1. The molecule has 6 rings (SSSR count). The number of benzene rings is 1. The topological polar surface area (TPSA) is 133 Å². The normalized spacial score (nSPS) is 29.2. The van der Waals surface area contributed by atoms with Crippen LogP contribution >= 0.6 is 0 Å². The number of carbonyl (C=O) groups is 1. The highest BCUT2D eigenvalue weighted by molar-refractivity contribution is 7.91. The summed E-state index contributed by atoms with van der Waals surface area (Å²) < 4.78 is 45.4. The minimum atomic E-state index is -3.01. The Morgan fingerprint density at radius 3 is 2.65 bits per heavy atom. The maximum atomic E-state index is 15.0. The quantitative estimate of drug-likeness (QED) is 0.574. The first-order chi connectivity index (χ1) is 16.2. The lowest BCUT2D eigenvalue weighted by Gasteiger charge is -2.16. The van der Waals surface area contributed by atoms with E-state index in [9.17, 15) is 13.2 Å². The van der Waals surface area contributed by atoms with Gasteiger partial charge in [0.15, 0.2) is 9.84 Å². The number of nitrogens with two attached hydrogens (primary N) is 1. The Morgan fingerprint density at radius 2 is 2.00 bits per heavy atom. The summed E-state index contributed by atoms with van der Waals surface area (Å²) in [6.07, 6.45) is 3.79. The second-order valence-electron chi connectivity index (χ2n) is 9.06. The number of anilines is 1. The summed E-state index contributed by atoms with van der Waals surface area (Å²) in [6, 6.07) is 8.01. The van der Waals surface area contributed by atoms with Gasteiger partial charge in [-0.3, -0.25) is 9.88 Å². The monoisotopic (exact) mass is 484 g/mol. The summed E-state index contributed by atoms with van der Waals surface area (Å²) in [7, 11) is -3.01. The Hall–Kier alpha value is -3.38. The van der Waals surface area contributed by atoms with Gasteiger partial charge in [-0.15, -0.1) is 5.10 Å². The van der Waals surface area contributed by atoms with Crippen molar-refractivity contribution in [2.24, 2.45) is 17.6 Å². The molecule has 34 heavy (non-hydrogen) atoms. The van der Waals surface area contributed by atoms with E-state index in [0.29, 0.717) is 29.1 Å². The summed E-state index contributed by atoms with van der Waals surface area (Å²) >= 11 is 0. The number of sulfone groups is 1. The minimum Gasteiger partial charge on any atom is -0.442 e. The van der Waals surface area contributed by atoms with E-state index >= 15 is 4.39 Å². The fourth-order valence-corrected chi connectivity index (χ4v) is 7.39. The lowest BCUT2D eigenvalue weighted by Crippen LogP contribution is -2.31. The molecule has 176 valence electrons. The molecule has 0 spiro atoms. The summed E-state index contributed by atoms with van der Waals surface area (Å²) in [5.41, 5.74) is 7.63. The second kappa shape index (κ2) is 7.31. The molecular formula is C22H21FN6O4S. The minimum absolute atomic E-state index is 0.0896. The third-order valence-electron chi connectivity index (χ3n) is 6.99. The van der Waals surface area contributed by atoms with Crippen molar-refractivity contribution in [2.45, 2.75) is 18.2 Å². The Balaban J connectivity index is 1.18. The Kier molecular flexibility index (Phi) is 4.55. The molecule has 3 fully saturated rings. The zero-order valence-electron chi connectivity index (χ0n) is 17.9. The molecule has 2 saturated heterocycles. The van der Waals surface area contributed by atoms with Crippen molar-refractivity contribution < 1.29 is 22.3 Å². The Labute approximate surface area is 194 Å². The fourth-order valence-electron chi connectivity index (χ4n) is 5.15. The standard InChI is InChI=1S/C22H21FN6O4S/c23-19-7-14(29-10-15(33-21(29)30)9-28-6-5-26-27-28)2-3-16(19)13-1-4-20(25-8-13)22(24)17-11-34(31,32)12-18(17)22/h1-8,15,17-18H,9-12,24H2/t15-,17-,18+,22?/m0/s1. The lowest BCUT2D eigenvalue weighted by atomic mass is 10.0. The number of amides is 1. The van der Waals surface area contributed by atoms with Crippen LogP contribution in [0.2, 0.25) is 0 Å². The molecule has 1 amide bonds. The van der Waals surface area contributed by atoms with Gasteiger partial charge in [-0.05, 0) is 24.3 Å². The second-order valence-corrected chi connectivity index (χ2v) is 11.2. The van der Waals surface area contributed by atoms with Crippen LogP contribution in [0.4, 0.5) is 14.9 Å². The molecular weight excluding hydrogens is 463 g/mol. The molecule has 3 aliphatic rings. The van der Waals surface area contributed by atoms with Gasteiger partial charge >= 0.3 is 6.09 Å². The zero-order valence-corrected chi connectivity index (χ0v) is 18.7. The van der Waals surface area contributed by atoms with Gasteiger partial charge in [0.2, 0.25) is 0 Å². The van der Waals surface area contributed by atoms with E-state index in [2.05, 4.69) is 15.3 Å². The summed E-state index contributed by atoms with van der Waals surface area (Å²) in [5, 5.41) is 7.59. The smallest absolute Gasteiger partial charge is 0.414 e. The molecule has 0 radical (unpaired) electrons. The molecule has 0 bridgehead atoms. The van der Waals surface area contributed by atoms with Crippen LogP contribution < -0.4 is 10.6 Å². The number of fused-ring (bicyclic) bond motifs is 1. The number of ether oxygens (including phenoxy) is 1. The largest absolute Gasteiger partial charge is 0.442 e. The average Bonchev–Trinajstić information content (AvgIpc) is 3.30. The van der Waals surface area contributed by atoms with Gasteiger partial charge in [0.1, 0.15) is 11.9 Å². The molecule has 2 N–H and O–H groups in total. The number of hydrogen-bond donors (Lipinski definition) is 1. The van der Waals surface area contributed by atoms with Crippen LogP contribution in [0.1, 0.15) is 5.69 Å². The third-order valence-corrected chi connectivity index (χ3v) is 8.72. The number of hydrogen-bond acceptors (Lipinski definition) is 8. The van der Waals surface area contributed by atoms with Crippen molar-refractivity contribution >= 4 is 21.6 Å². The molecule has 1 aliphatic carbocycles. The van der Waals surface area contributed by atoms with Crippen LogP contribution in [-0.4, -0.2) is 58.6 Å².